The van der Waals surface area contributed by atoms with Gasteiger partial charge in [0.15, 0.2) is 0 Å². The number of rotatable bonds is 5. The third kappa shape index (κ3) is 3.75. The summed E-state index contributed by atoms with van der Waals surface area (Å²) in [5.41, 5.74) is 0. The summed E-state index contributed by atoms with van der Waals surface area (Å²) >= 11 is 0. The Hall–Kier alpha value is -1.78. The van der Waals surface area contributed by atoms with Gasteiger partial charge in [0.2, 0.25) is 0 Å². The fraction of sp³-hybridized carbons (Fsp3) is 0.333. The van der Waals surface area contributed by atoms with Gasteiger partial charge in [-0.3, -0.25) is 0 Å². The lowest BCUT2D eigenvalue weighted by Crippen LogP contribution is -2.26. The van der Waals surface area contributed by atoms with Crippen molar-refractivity contribution in [3.8, 4) is 0 Å². The molecule has 0 atom stereocenters. The number of ether oxygens (including phenoxy) is 1. The summed E-state index contributed by atoms with van der Waals surface area (Å²) in [5, 5.41) is 2.59. The van der Waals surface area contributed by atoms with Crippen molar-refractivity contribution in [1.82, 2.24) is 15.3 Å². The summed E-state index contributed by atoms with van der Waals surface area (Å²) in [4.78, 5) is 17.9. The van der Waals surface area contributed by atoms with Crippen LogP contribution in [0.4, 0.5) is 4.79 Å². The van der Waals surface area contributed by atoms with Gasteiger partial charge in [0, 0.05) is 25.4 Å². The Morgan fingerprint density at radius 3 is 3.29 bits per heavy atom. The molecule has 14 heavy (non-hydrogen) atoms. The highest BCUT2D eigenvalue weighted by Crippen LogP contribution is 1.88. The minimum absolute atomic E-state index is 0.229. The summed E-state index contributed by atoms with van der Waals surface area (Å²) < 4.78 is 4.71. The Morgan fingerprint density at radius 2 is 2.64 bits per heavy atom. The van der Waals surface area contributed by atoms with Crippen molar-refractivity contribution in [3.05, 3.63) is 30.9 Å². The molecule has 0 bridgehead atoms. The highest BCUT2D eigenvalue weighted by atomic mass is 16.5. The lowest BCUT2D eigenvalue weighted by molar-refractivity contribution is 0.158. The zero-order valence-electron chi connectivity index (χ0n) is 7.82. The molecule has 0 aliphatic rings. The van der Waals surface area contributed by atoms with E-state index >= 15 is 0 Å². The number of amides is 1. The SMILES string of the molecule is C=CCOC(=O)NCCc1ncc[nH]1. The second-order valence-corrected chi connectivity index (χ2v) is 2.60. The van der Waals surface area contributed by atoms with E-state index < -0.39 is 6.09 Å². The molecule has 0 unspecified atom stereocenters. The Bertz CT molecular complexity index is 282. The van der Waals surface area contributed by atoms with Gasteiger partial charge in [-0.25, -0.2) is 9.78 Å². The number of hydrogen-bond donors (Lipinski definition) is 2. The van der Waals surface area contributed by atoms with Crippen LogP contribution in [0.15, 0.2) is 25.0 Å². The predicted molar refractivity (Wildman–Crippen MR) is 51.8 cm³/mol. The number of imidazole rings is 1. The molecule has 0 saturated carbocycles. The van der Waals surface area contributed by atoms with Crippen molar-refractivity contribution in [2.75, 3.05) is 13.2 Å². The van der Waals surface area contributed by atoms with Crippen molar-refractivity contribution in [1.29, 1.82) is 0 Å². The van der Waals surface area contributed by atoms with Gasteiger partial charge in [-0.05, 0) is 0 Å². The molecule has 0 aromatic carbocycles. The first-order chi connectivity index (χ1) is 6.83. The first-order valence-corrected chi connectivity index (χ1v) is 4.32. The summed E-state index contributed by atoms with van der Waals surface area (Å²) in [6.45, 7) is 4.17. The minimum atomic E-state index is -0.434. The fourth-order valence-electron chi connectivity index (χ4n) is 0.903. The molecule has 0 radical (unpaired) electrons. The number of alkyl carbamates (subject to hydrolysis) is 1. The van der Waals surface area contributed by atoms with Gasteiger partial charge in [0.05, 0.1) is 0 Å². The number of carbonyl (C=O) groups is 1. The van der Waals surface area contributed by atoms with Gasteiger partial charge >= 0.3 is 6.09 Å². The lowest BCUT2D eigenvalue weighted by Gasteiger charge is -2.03. The normalized spacial score (nSPS) is 9.43. The van der Waals surface area contributed by atoms with Crippen LogP contribution in [0.1, 0.15) is 5.82 Å². The van der Waals surface area contributed by atoms with Gasteiger partial charge in [0.1, 0.15) is 12.4 Å². The molecular formula is C9H13N3O2. The molecular weight excluding hydrogens is 182 g/mol. The highest BCUT2D eigenvalue weighted by Gasteiger charge is 2.00. The number of aromatic nitrogens is 2. The molecule has 0 aliphatic heterocycles. The number of nitrogens with one attached hydrogen (secondary N) is 2. The van der Waals surface area contributed by atoms with Crippen LogP contribution in [0.2, 0.25) is 0 Å². The van der Waals surface area contributed by atoms with Crippen LogP contribution in [0.3, 0.4) is 0 Å². The summed E-state index contributed by atoms with van der Waals surface area (Å²) in [5.74, 6) is 0.842. The van der Waals surface area contributed by atoms with Crippen molar-refractivity contribution < 1.29 is 9.53 Å². The van der Waals surface area contributed by atoms with E-state index in [4.69, 9.17) is 4.74 Å². The van der Waals surface area contributed by atoms with Gasteiger partial charge < -0.3 is 15.0 Å². The largest absolute Gasteiger partial charge is 0.445 e. The zero-order chi connectivity index (χ0) is 10.2. The van der Waals surface area contributed by atoms with E-state index in [9.17, 15) is 4.79 Å². The first kappa shape index (κ1) is 10.3. The number of nitrogens with zero attached hydrogens (tertiary/aromatic N) is 1. The van der Waals surface area contributed by atoms with E-state index in [2.05, 4.69) is 21.9 Å². The minimum Gasteiger partial charge on any atom is -0.445 e. The second kappa shape index (κ2) is 5.80. The molecule has 1 heterocycles. The van der Waals surface area contributed by atoms with Crippen LogP contribution in [0, 0.1) is 0 Å². The van der Waals surface area contributed by atoms with Crippen molar-refractivity contribution >= 4 is 6.09 Å². The number of carbonyl (C=O) groups excluding carboxylic acids is 1. The lowest BCUT2D eigenvalue weighted by atomic mass is 10.4. The van der Waals surface area contributed by atoms with Crippen LogP contribution in [0.25, 0.3) is 0 Å². The fourth-order valence-corrected chi connectivity index (χ4v) is 0.903. The van der Waals surface area contributed by atoms with Crippen LogP contribution in [-0.2, 0) is 11.2 Å². The average Bonchev–Trinajstić information content (AvgIpc) is 2.67. The maximum absolute atomic E-state index is 10.9. The van der Waals surface area contributed by atoms with Crippen molar-refractivity contribution in [2.45, 2.75) is 6.42 Å². The van der Waals surface area contributed by atoms with Gasteiger partial charge in [0.25, 0.3) is 0 Å². The quantitative estimate of drug-likeness (QED) is 0.685. The van der Waals surface area contributed by atoms with Crippen LogP contribution >= 0.6 is 0 Å². The molecule has 0 saturated heterocycles. The standard InChI is InChI=1S/C9H13N3O2/c1-2-7-14-9(13)12-4-3-8-10-5-6-11-8/h2,5-6H,1,3-4,7H2,(H,10,11)(H,12,13). The molecule has 1 rings (SSSR count). The number of hydrogen-bond acceptors (Lipinski definition) is 3. The van der Waals surface area contributed by atoms with Gasteiger partial charge in [-0.2, -0.15) is 0 Å². The molecule has 5 heteroatoms. The van der Waals surface area contributed by atoms with Crippen LogP contribution in [-0.4, -0.2) is 29.2 Å². The topological polar surface area (TPSA) is 67.0 Å². The smallest absolute Gasteiger partial charge is 0.407 e. The number of H-pyrrole nitrogens is 1. The molecule has 1 aromatic heterocycles. The summed E-state index contributed by atoms with van der Waals surface area (Å²) in [6.07, 6.45) is 5.16. The molecule has 0 spiro atoms. The molecule has 1 amide bonds. The molecule has 0 fully saturated rings. The third-order valence-corrected chi connectivity index (χ3v) is 1.52. The molecule has 76 valence electrons. The van der Waals surface area contributed by atoms with Crippen LogP contribution < -0.4 is 5.32 Å². The van der Waals surface area contributed by atoms with E-state index in [1.807, 2.05) is 0 Å². The first-order valence-electron chi connectivity index (χ1n) is 4.32. The van der Waals surface area contributed by atoms with E-state index in [0.717, 1.165) is 5.82 Å². The second-order valence-electron chi connectivity index (χ2n) is 2.60. The zero-order valence-corrected chi connectivity index (χ0v) is 7.82. The van der Waals surface area contributed by atoms with Gasteiger partial charge in [-0.15, -0.1) is 0 Å². The summed E-state index contributed by atoms with van der Waals surface area (Å²) in [6, 6.07) is 0. The third-order valence-electron chi connectivity index (χ3n) is 1.52. The maximum Gasteiger partial charge on any atom is 0.407 e. The van der Waals surface area contributed by atoms with Crippen LogP contribution in [0.5, 0.6) is 0 Å². The molecule has 1 aromatic rings. The molecule has 0 aliphatic carbocycles. The van der Waals surface area contributed by atoms with Crippen molar-refractivity contribution in [2.24, 2.45) is 0 Å². The Kier molecular flexibility index (Phi) is 4.26. The predicted octanol–water partition coefficient (Wildman–Crippen LogP) is 0.864. The van der Waals surface area contributed by atoms with E-state index in [0.29, 0.717) is 13.0 Å². The maximum atomic E-state index is 10.9. The monoisotopic (exact) mass is 195 g/mol. The van der Waals surface area contributed by atoms with E-state index in [-0.39, 0.29) is 6.61 Å². The molecule has 2 N–H and O–H groups in total. The van der Waals surface area contributed by atoms with E-state index in [1.165, 1.54) is 6.08 Å². The number of aromatic amines is 1. The highest BCUT2D eigenvalue weighted by molar-refractivity contribution is 5.67. The molecule has 5 nitrogen and oxygen atoms in total. The van der Waals surface area contributed by atoms with Crippen molar-refractivity contribution in [3.63, 3.8) is 0 Å². The summed E-state index contributed by atoms with van der Waals surface area (Å²) in [7, 11) is 0. The van der Waals surface area contributed by atoms with E-state index in [1.54, 1.807) is 12.4 Å². The Morgan fingerprint density at radius 1 is 1.79 bits per heavy atom. The Balaban J connectivity index is 2.09. The Labute approximate surface area is 82.2 Å². The van der Waals surface area contributed by atoms with Gasteiger partial charge in [-0.1, -0.05) is 12.7 Å². The average molecular weight is 195 g/mol.